The minimum atomic E-state index is -0.00886. The van der Waals surface area contributed by atoms with Crippen molar-refractivity contribution in [2.75, 3.05) is 17.7 Å². The normalized spacial score (nSPS) is 17.8. The average Bonchev–Trinajstić information content (AvgIpc) is 2.80. The standard InChI is InChI=1S/C13H12ClN3OS/c1-15-13-17-12-11(19-13)9(6-10(18)16-12)7-3-2-4-8(14)5-7/h2-5,9H,6H2,1H3,(H,15,17)(H,16,18). The summed E-state index contributed by atoms with van der Waals surface area (Å²) in [4.78, 5) is 17.2. The summed E-state index contributed by atoms with van der Waals surface area (Å²) < 4.78 is 0. The summed E-state index contributed by atoms with van der Waals surface area (Å²) in [7, 11) is 1.82. The van der Waals surface area contributed by atoms with Crippen LogP contribution in [0.25, 0.3) is 0 Å². The van der Waals surface area contributed by atoms with E-state index in [2.05, 4.69) is 15.6 Å². The van der Waals surface area contributed by atoms with E-state index in [1.807, 2.05) is 31.3 Å². The first-order chi connectivity index (χ1) is 9.17. The lowest BCUT2D eigenvalue weighted by atomic mass is 9.92. The Labute approximate surface area is 119 Å². The minimum absolute atomic E-state index is 0.00886. The van der Waals surface area contributed by atoms with Gasteiger partial charge in [0.2, 0.25) is 5.91 Å². The van der Waals surface area contributed by atoms with Crippen LogP contribution < -0.4 is 10.6 Å². The Morgan fingerprint density at radius 1 is 1.53 bits per heavy atom. The van der Waals surface area contributed by atoms with Gasteiger partial charge in [0.25, 0.3) is 0 Å². The Bertz CT molecular complexity index is 641. The summed E-state index contributed by atoms with van der Waals surface area (Å²) in [5.74, 6) is 0.683. The number of hydrogen-bond donors (Lipinski definition) is 2. The number of hydrogen-bond acceptors (Lipinski definition) is 4. The maximum atomic E-state index is 11.8. The number of halogens is 1. The fraction of sp³-hybridized carbons (Fsp3) is 0.231. The quantitative estimate of drug-likeness (QED) is 0.893. The molecule has 0 saturated heterocycles. The van der Waals surface area contributed by atoms with Crippen molar-refractivity contribution in [3.05, 3.63) is 39.7 Å². The molecule has 98 valence electrons. The van der Waals surface area contributed by atoms with E-state index in [0.717, 1.165) is 15.6 Å². The number of nitrogens with zero attached hydrogens (tertiary/aromatic N) is 1. The van der Waals surface area contributed by atoms with Crippen molar-refractivity contribution in [2.45, 2.75) is 12.3 Å². The number of thiazole rings is 1. The van der Waals surface area contributed by atoms with Crippen LogP contribution in [0.4, 0.5) is 10.9 Å². The molecule has 1 aromatic heterocycles. The van der Waals surface area contributed by atoms with E-state index in [4.69, 9.17) is 11.6 Å². The second kappa shape index (κ2) is 4.83. The fourth-order valence-electron chi connectivity index (χ4n) is 2.22. The van der Waals surface area contributed by atoms with Gasteiger partial charge in [-0.3, -0.25) is 4.79 Å². The Kier molecular flexibility index (Phi) is 3.16. The number of benzene rings is 1. The minimum Gasteiger partial charge on any atom is -0.365 e. The first-order valence-electron chi connectivity index (χ1n) is 5.91. The third-order valence-electron chi connectivity index (χ3n) is 3.08. The number of amides is 1. The molecule has 19 heavy (non-hydrogen) atoms. The van der Waals surface area contributed by atoms with Crippen molar-refractivity contribution in [2.24, 2.45) is 0 Å². The van der Waals surface area contributed by atoms with Crippen LogP contribution >= 0.6 is 22.9 Å². The molecule has 2 aromatic rings. The largest absolute Gasteiger partial charge is 0.365 e. The molecule has 0 spiro atoms. The molecule has 0 fully saturated rings. The van der Waals surface area contributed by atoms with Gasteiger partial charge in [-0.2, -0.15) is 0 Å². The monoisotopic (exact) mass is 293 g/mol. The molecule has 4 nitrogen and oxygen atoms in total. The third-order valence-corrected chi connectivity index (χ3v) is 4.50. The van der Waals surface area contributed by atoms with Crippen molar-refractivity contribution in [3.63, 3.8) is 0 Å². The van der Waals surface area contributed by atoms with Crippen LogP contribution in [-0.2, 0) is 4.79 Å². The zero-order chi connectivity index (χ0) is 13.4. The van der Waals surface area contributed by atoms with Gasteiger partial charge in [0.15, 0.2) is 5.13 Å². The van der Waals surface area contributed by atoms with Gasteiger partial charge in [-0.25, -0.2) is 4.98 Å². The van der Waals surface area contributed by atoms with Crippen molar-refractivity contribution in [1.29, 1.82) is 0 Å². The molecule has 1 aromatic carbocycles. The molecule has 0 bridgehead atoms. The van der Waals surface area contributed by atoms with Crippen molar-refractivity contribution in [3.8, 4) is 0 Å². The predicted molar refractivity (Wildman–Crippen MR) is 78.2 cm³/mol. The van der Waals surface area contributed by atoms with Crippen LogP contribution in [0.2, 0.25) is 5.02 Å². The molecule has 0 aliphatic carbocycles. The Hall–Kier alpha value is -1.59. The van der Waals surface area contributed by atoms with Gasteiger partial charge in [-0.05, 0) is 17.7 Å². The van der Waals surface area contributed by atoms with Crippen LogP contribution in [0, 0.1) is 0 Å². The SMILES string of the molecule is CNc1nc2c(s1)C(c1cccc(Cl)c1)CC(=O)N2. The highest BCUT2D eigenvalue weighted by atomic mass is 35.5. The fourth-order valence-corrected chi connectivity index (χ4v) is 3.42. The third kappa shape index (κ3) is 2.31. The van der Waals surface area contributed by atoms with E-state index in [0.29, 0.717) is 17.3 Å². The van der Waals surface area contributed by atoms with E-state index < -0.39 is 0 Å². The van der Waals surface area contributed by atoms with Crippen molar-refractivity contribution >= 4 is 39.8 Å². The number of nitrogens with one attached hydrogen (secondary N) is 2. The van der Waals surface area contributed by atoms with E-state index in [1.54, 1.807) is 11.3 Å². The molecule has 1 aliphatic heterocycles. The first kappa shape index (κ1) is 12.4. The van der Waals surface area contributed by atoms with Crippen LogP contribution in [0.1, 0.15) is 22.8 Å². The maximum absolute atomic E-state index is 11.8. The van der Waals surface area contributed by atoms with Gasteiger partial charge >= 0.3 is 0 Å². The van der Waals surface area contributed by atoms with Gasteiger partial charge in [0.1, 0.15) is 5.82 Å². The topological polar surface area (TPSA) is 54.0 Å². The van der Waals surface area contributed by atoms with Gasteiger partial charge in [0.05, 0.1) is 4.88 Å². The Balaban J connectivity index is 2.07. The van der Waals surface area contributed by atoms with Crippen LogP contribution in [0.15, 0.2) is 24.3 Å². The second-order valence-electron chi connectivity index (χ2n) is 4.34. The molecular formula is C13H12ClN3OS. The van der Waals surface area contributed by atoms with Gasteiger partial charge in [0, 0.05) is 24.4 Å². The maximum Gasteiger partial charge on any atom is 0.226 e. The number of carbonyl (C=O) groups excluding carboxylic acids is 1. The molecule has 2 N–H and O–H groups in total. The summed E-state index contributed by atoms with van der Waals surface area (Å²) >= 11 is 7.60. The van der Waals surface area contributed by atoms with E-state index in [9.17, 15) is 4.79 Å². The van der Waals surface area contributed by atoms with Gasteiger partial charge in [-0.15, -0.1) is 0 Å². The summed E-state index contributed by atoms with van der Waals surface area (Å²) in [6.07, 6.45) is 0.429. The number of fused-ring (bicyclic) bond motifs is 1. The molecule has 1 amide bonds. The molecular weight excluding hydrogens is 282 g/mol. The lowest BCUT2D eigenvalue weighted by Gasteiger charge is -2.21. The van der Waals surface area contributed by atoms with Crippen molar-refractivity contribution in [1.82, 2.24) is 4.98 Å². The zero-order valence-corrected chi connectivity index (χ0v) is 11.8. The Morgan fingerprint density at radius 3 is 3.11 bits per heavy atom. The van der Waals surface area contributed by atoms with Gasteiger partial charge < -0.3 is 10.6 Å². The summed E-state index contributed by atoms with van der Waals surface area (Å²) in [5, 5.41) is 7.32. The lowest BCUT2D eigenvalue weighted by molar-refractivity contribution is -0.116. The average molecular weight is 294 g/mol. The number of carbonyl (C=O) groups is 1. The van der Waals surface area contributed by atoms with Crippen molar-refractivity contribution < 1.29 is 4.79 Å². The summed E-state index contributed by atoms with van der Waals surface area (Å²) in [6.45, 7) is 0. The molecule has 3 rings (SSSR count). The first-order valence-corrected chi connectivity index (χ1v) is 7.10. The van der Waals surface area contributed by atoms with Crippen LogP contribution in [0.3, 0.4) is 0 Å². The Morgan fingerprint density at radius 2 is 2.37 bits per heavy atom. The predicted octanol–water partition coefficient (Wildman–Crippen LogP) is 3.31. The van der Waals surface area contributed by atoms with E-state index in [-0.39, 0.29) is 11.8 Å². The highest BCUT2D eigenvalue weighted by Gasteiger charge is 2.30. The molecule has 2 heterocycles. The van der Waals surface area contributed by atoms with E-state index >= 15 is 0 Å². The van der Waals surface area contributed by atoms with Gasteiger partial charge in [-0.1, -0.05) is 35.1 Å². The zero-order valence-electron chi connectivity index (χ0n) is 10.2. The molecule has 0 radical (unpaired) electrons. The molecule has 1 atom stereocenters. The molecule has 0 saturated carbocycles. The number of rotatable bonds is 2. The van der Waals surface area contributed by atoms with Crippen LogP contribution in [-0.4, -0.2) is 17.9 Å². The number of anilines is 2. The van der Waals surface area contributed by atoms with E-state index in [1.165, 1.54) is 0 Å². The lowest BCUT2D eigenvalue weighted by Crippen LogP contribution is -2.22. The highest BCUT2D eigenvalue weighted by Crippen LogP contribution is 2.42. The van der Waals surface area contributed by atoms with Crippen LogP contribution in [0.5, 0.6) is 0 Å². The smallest absolute Gasteiger partial charge is 0.226 e. The summed E-state index contributed by atoms with van der Waals surface area (Å²) in [5.41, 5.74) is 1.05. The molecule has 1 unspecified atom stereocenters. The second-order valence-corrected chi connectivity index (χ2v) is 5.81. The molecule has 1 aliphatic rings. The summed E-state index contributed by atoms with van der Waals surface area (Å²) in [6, 6.07) is 7.65. The number of aromatic nitrogens is 1. The highest BCUT2D eigenvalue weighted by molar-refractivity contribution is 7.16. The molecule has 6 heteroatoms.